The van der Waals surface area contributed by atoms with Crippen molar-refractivity contribution >= 4 is 17.7 Å². The van der Waals surface area contributed by atoms with E-state index >= 15 is 0 Å². The van der Waals surface area contributed by atoms with E-state index < -0.39 is 23.0 Å². The third-order valence-electron chi connectivity index (χ3n) is 4.36. The van der Waals surface area contributed by atoms with Crippen molar-refractivity contribution in [1.82, 2.24) is 15.1 Å². The van der Waals surface area contributed by atoms with E-state index in [0.29, 0.717) is 32.2 Å². The minimum atomic E-state index is -0.946. The van der Waals surface area contributed by atoms with Crippen LogP contribution in [0.2, 0.25) is 0 Å². The van der Waals surface area contributed by atoms with Crippen LogP contribution < -0.4 is 5.32 Å². The third-order valence-corrected chi connectivity index (χ3v) is 4.36. The van der Waals surface area contributed by atoms with Gasteiger partial charge in [0.2, 0.25) is 11.8 Å². The first-order valence-electron chi connectivity index (χ1n) is 8.90. The normalized spacial score (nSPS) is 14.9. The van der Waals surface area contributed by atoms with Crippen LogP contribution in [0.4, 0.5) is 8.78 Å². The van der Waals surface area contributed by atoms with Crippen LogP contribution in [0.1, 0.15) is 37.6 Å². The molecule has 1 aromatic rings. The second kappa shape index (κ2) is 8.45. The molecule has 1 fully saturated rings. The minimum Gasteiger partial charge on any atom is -0.351 e. The summed E-state index contributed by atoms with van der Waals surface area (Å²) in [4.78, 5) is 39.8. The number of carbonyl (C=O) groups is 3. The van der Waals surface area contributed by atoms with Gasteiger partial charge in [0.05, 0.1) is 5.56 Å². The summed E-state index contributed by atoms with van der Waals surface area (Å²) in [6.45, 7) is 7.49. The van der Waals surface area contributed by atoms with Gasteiger partial charge < -0.3 is 15.1 Å². The Morgan fingerprint density at radius 2 is 1.63 bits per heavy atom. The summed E-state index contributed by atoms with van der Waals surface area (Å²) in [6.07, 6.45) is 0.0712. The number of rotatable bonds is 4. The fourth-order valence-electron chi connectivity index (χ4n) is 2.84. The summed E-state index contributed by atoms with van der Waals surface area (Å²) >= 11 is 0. The number of nitrogens with one attached hydrogen (secondary N) is 1. The highest BCUT2D eigenvalue weighted by molar-refractivity contribution is 5.94. The molecule has 0 saturated carbocycles. The second-order valence-electron chi connectivity index (χ2n) is 7.55. The first-order chi connectivity index (χ1) is 12.6. The highest BCUT2D eigenvalue weighted by Gasteiger charge is 2.30. The molecule has 1 saturated heterocycles. The zero-order valence-corrected chi connectivity index (χ0v) is 15.8. The van der Waals surface area contributed by atoms with E-state index in [2.05, 4.69) is 5.32 Å². The largest absolute Gasteiger partial charge is 0.351 e. The fourth-order valence-corrected chi connectivity index (χ4v) is 2.84. The molecule has 27 heavy (non-hydrogen) atoms. The van der Waals surface area contributed by atoms with Crippen molar-refractivity contribution in [2.75, 3.05) is 32.7 Å². The number of carbonyl (C=O) groups excluding carboxylic acids is 3. The minimum absolute atomic E-state index is 0.0512. The quantitative estimate of drug-likeness (QED) is 0.865. The van der Waals surface area contributed by atoms with Gasteiger partial charge in [-0.25, -0.2) is 8.78 Å². The summed E-state index contributed by atoms with van der Waals surface area (Å²) in [7, 11) is 0. The first kappa shape index (κ1) is 20.8. The predicted molar refractivity (Wildman–Crippen MR) is 95.9 cm³/mol. The van der Waals surface area contributed by atoms with Crippen LogP contribution in [0.15, 0.2) is 18.2 Å². The van der Waals surface area contributed by atoms with Crippen LogP contribution in [0.5, 0.6) is 0 Å². The maximum Gasteiger partial charge on any atom is 0.254 e. The van der Waals surface area contributed by atoms with Crippen molar-refractivity contribution < 1.29 is 23.2 Å². The molecule has 1 heterocycles. The molecule has 148 valence electrons. The number of hydrogen-bond acceptors (Lipinski definition) is 3. The van der Waals surface area contributed by atoms with Crippen molar-refractivity contribution in [3.8, 4) is 0 Å². The predicted octanol–water partition coefficient (Wildman–Crippen LogP) is 1.80. The van der Waals surface area contributed by atoms with Gasteiger partial charge in [-0.2, -0.15) is 0 Å². The molecule has 0 radical (unpaired) electrons. The average molecular weight is 381 g/mol. The lowest BCUT2D eigenvalue weighted by atomic mass is 9.94. The lowest BCUT2D eigenvalue weighted by Gasteiger charge is -2.37. The van der Waals surface area contributed by atoms with Crippen molar-refractivity contribution in [2.45, 2.75) is 27.2 Å². The van der Waals surface area contributed by atoms with E-state index in [0.717, 1.165) is 12.1 Å². The van der Waals surface area contributed by atoms with Gasteiger partial charge in [0.25, 0.3) is 5.91 Å². The molecule has 1 aliphatic heterocycles. The van der Waals surface area contributed by atoms with E-state index in [9.17, 15) is 23.2 Å². The van der Waals surface area contributed by atoms with E-state index in [4.69, 9.17) is 0 Å². The van der Waals surface area contributed by atoms with Gasteiger partial charge >= 0.3 is 0 Å². The molecular weight excluding hydrogens is 356 g/mol. The smallest absolute Gasteiger partial charge is 0.254 e. The topological polar surface area (TPSA) is 69.7 Å². The van der Waals surface area contributed by atoms with Gasteiger partial charge in [-0.15, -0.1) is 0 Å². The Hall–Kier alpha value is -2.51. The molecule has 1 aromatic carbocycles. The number of nitrogens with zero attached hydrogens (tertiary/aromatic N) is 2. The zero-order valence-electron chi connectivity index (χ0n) is 15.8. The highest BCUT2D eigenvalue weighted by atomic mass is 19.1. The summed E-state index contributed by atoms with van der Waals surface area (Å²) in [5.74, 6) is -2.48. The molecule has 0 aromatic heterocycles. The van der Waals surface area contributed by atoms with Crippen LogP contribution >= 0.6 is 0 Å². The molecule has 3 amide bonds. The average Bonchev–Trinajstić information content (AvgIpc) is 2.60. The van der Waals surface area contributed by atoms with Gasteiger partial charge in [-0.3, -0.25) is 14.4 Å². The molecule has 2 rings (SSSR count). The maximum atomic E-state index is 13.6. The van der Waals surface area contributed by atoms with Crippen molar-refractivity contribution in [3.63, 3.8) is 0 Å². The van der Waals surface area contributed by atoms with Gasteiger partial charge in [0.1, 0.15) is 11.6 Å². The lowest BCUT2D eigenvalue weighted by Crippen LogP contribution is -2.53. The van der Waals surface area contributed by atoms with Crippen molar-refractivity contribution in [2.24, 2.45) is 5.41 Å². The van der Waals surface area contributed by atoms with Gasteiger partial charge in [-0.05, 0) is 12.1 Å². The second-order valence-corrected chi connectivity index (χ2v) is 7.55. The highest BCUT2D eigenvalue weighted by Crippen LogP contribution is 2.18. The summed E-state index contributed by atoms with van der Waals surface area (Å²) in [5.41, 5.74) is -0.718. The summed E-state index contributed by atoms with van der Waals surface area (Å²) < 4.78 is 26.4. The van der Waals surface area contributed by atoms with Crippen LogP contribution in [0, 0.1) is 17.0 Å². The van der Waals surface area contributed by atoms with E-state index in [1.165, 1.54) is 0 Å². The molecule has 1 aliphatic rings. The number of piperazine rings is 1. The fraction of sp³-hybridized carbons (Fsp3) is 0.526. The SMILES string of the molecule is CC(C)(C)C(=O)N1CCN(C(=O)CCNC(=O)c2ccc(F)cc2F)CC1. The molecule has 0 bridgehead atoms. The molecule has 8 heteroatoms. The number of halogens is 2. The molecular formula is C19H25F2N3O3. The molecule has 0 aliphatic carbocycles. The van der Waals surface area contributed by atoms with Gasteiger partial charge in [0.15, 0.2) is 0 Å². The molecule has 1 N–H and O–H groups in total. The lowest BCUT2D eigenvalue weighted by molar-refractivity contribution is -0.144. The molecule has 0 atom stereocenters. The van der Waals surface area contributed by atoms with E-state index in [1.54, 1.807) is 9.80 Å². The Bertz CT molecular complexity index is 723. The standard InChI is InChI=1S/C19H25F2N3O3/c1-19(2,3)18(27)24-10-8-23(9-11-24)16(25)6-7-22-17(26)14-5-4-13(20)12-15(14)21/h4-5,12H,6-11H2,1-3H3,(H,22,26). The van der Waals surface area contributed by atoms with Crippen molar-refractivity contribution in [3.05, 3.63) is 35.4 Å². The van der Waals surface area contributed by atoms with Gasteiger partial charge in [0, 0.05) is 50.6 Å². The summed E-state index contributed by atoms with van der Waals surface area (Å²) in [6, 6.07) is 2.70. The van der Waals surface area contributed by atoms with Gasteiger partial charge in [-0.1, -0.05) is 20.8 Å². The Kier molecular flexibility index (Phi) is 6.51. The molecule has 6 nitrogen and oxygen atoms in total. The third kappa shape index (κ3) is 5.48. The van der Waals surface area contributed by atoms with E-state index in [1.807, 2.05) is 20.8 Å². The monoisotopic (exact) mass is 381 g/mol. The van der Waals surface area contributed by atoms with Crippen LogP contribution in [-0.4, -0.2) is 60.2 Å². The van der Waals surface area contributed by atoms with Crippen LogP contribution in [-0.2, 0) is 9.59 Å². The Morgan fingerprint density at radius 3 is 2.19 bits per heavy atom. The maximum absolute atomic E-state index is 13.6. The number of amides is 3. The Balaban J connectivity index is 1.77. The Morgan fingerprint density at radius 1 is 1.04 bits per heavy atom. The number of benzene rings is 1. The van der Waals surface area contributed by atoms with Crippen molar-refractivity contribution in [1.29, 1.82) is 0 Å². The summed E-state index contributed by atoms with van der Waals surface area (Å²) in [5, 5.41) is 2.46. The van der Waals surface area contributed by atoms with Crippen LogP contribution in [0.25, 0.3) is 0 Å². The molecule has 0 spiro atoms. The molecule has 0 unspecified atom stereocenters. The first-order valence-corrected chi connectivity index (χ1v) is 8.90. The number of hydrogen-bond donors (Lipinski definition) is 1. The van der Waals surface area contributed by atoms with Crippen LogP contribution in [0.3, 0.4) is 0 Å². The van der Waals surface area contributed by atoms with E-state index in [-0.39, 0.29) is 30.3 Å². The zero-order chi connectivity index (χ0) is 20.2. The Labute approximate surface area is 157 Å².